The average molecular weight is 411 g/mol. The zero-order valence-corrected chi connectivity index (χ0v) is 15.8. The molecule has 0 saturated carbocycles. The first-order valence-corrected chi connectivity index (χ1v) is 9.13. The Bertz CT molecular complexity index is 1160. The molecule has 0 saturated heterocycles. The second-order valence-corrected chi connectivity index (χ2v) is 6.32. The van der Waals surface area contributed by atoms with E-state index in [4.69, 9.17) is 4.74 Å². The molecule has 4 rings (SSSR count). The topological polar surface area (TPSA) is 65.7 Å². The van der Waals surface area contributed by atoms with Gasteiger partial charge in [-0.05, 0) is 37.3 Å². The monoisotopic (exact) mass is 411 g/mol. The zero-order chi connectivity index (χ0) is 21.1. The van der Waals surface area contributed by atoms with E-state index < -0.39 is 11.7 Å². The lowest BCUT2D eigenvalue weighted by atomic mass is 10.0. The first-order chi connectivity index (χ1) is 14.5. The minimum Gasteiger partial charge on any atom is -0.424 e. The third-order valence-corrected chi connectivity index (χ3v) is 4.33. The number of aryl methyl sites for hydroxylation is 1. The van der Waals surface area contributed by atoms with Crippen LogP contribution in [0.3, 0.4) is 0 Å². The second kappa shape index (κ2) is 7.94. The Morgan fingerprint density at radius 3 is 2.53 bits per heavy atom. The lowest BCUT2D eigenvalue weighted by molar-refractivity contribution is -0.137. The van der Waals surface area contributed by atoms with Crippen molar-refractivity contribution in [2.24, 2.45) is 0 Å². The molecule has 0 unspecified atom stereocenters. The molecular formula is C21H16F3N5O. The molecule has 2 aromatic heterocycles. The van der Waals surface area contributed by atoms with Crippen molar-refractivity contribution in [2.45, 2.75) is 19.6 Å². The van der Waals surface area contributed by atoms with Gasteiger partial charge in [-0.3, -0.25) is 0 Å². The molecule has 2 aromatic carbocycles. The number of ether oxygens (including phenoxy) is 1. The van der Waals surface area contributed by atoms with Gasteiger partial charge in [-0.2, -0.15) is 18.2 Å². The highest BCUT2D eigenvalue weighted by Gasteiger charge is 2.31. The van der Waals surface area contributed by atoms with Gasteiger partial charge >= 0.3 is 12.2 Å². The molecule has 152 valence electrons. The van der Waals surface area contributed by atoms with Gasteiger partial charge in [0.25, 0.3) is 0 Å². The highest BCUT2D eigenvalue weighted by Crippen LogP contribution is 2.35. The molecule has 0 atom stereocenters. The largest absolute Gasteiger partial charge is 0.424 e. The number of aromatic nitrogens is 5. The summed E-state index contributed by atoms with van der Waals surface area (Å²) in [5.41, 5.74) is 0.760. The van der Waals surface area contributed by atoms with Crippen molar-refractivity contribution in [3.63, 3.8) is 0 Å². The van der Waals surface area contributed by atoms with Crippen molar-refractivity contribution in [3.05, 3.63) is 72.4 Å². The van der Waals surface area contributed by atoms with Crippen LogP contribution in [0.25, 0.3) is 22.6 Å². The van der Waals surface area contributed by atoms with Gasteiger partial charge in [0.1, 0.15) is 17.1 Å². The summed E-state index contributed by atoms with van der Waals surface area (Å²) in [6.45, 7) is 2.32. The molecule has 2 heterocycles. The number of para-hydroxylation sites is 1. The van der Waals surface area contributed by atoms with E-state index in [1.165, 1.54) is 12.3 Å². The van der Waals surface area contributed by atoms with E-state index in [2.05, 4.69) is 20.3 Å². The maximum Gasteiger partial charge on any atom is 0.416 e. The molecular weight excluding hydrogens is 395 g/mol. The van der Waals surface area contributed by atoms with Crippen molar-refractivity contribution >= 4 is 0 Å². The zero-order valence-electron chi connectivity index (χ0n) is 15.8. The third-order valence-electron chi connectivity index (χ3n) is 4.33. The molecule has 0 aliphatic heterocycles. The van der Waals surface area contributed by atoms with Gasteiger partial charge in [0.05, 0.1) is 11.3 Å². The Labute approximate surface area is 170 Å². The number of rotatable bonds is 5. The summed E-state index contributed by atoms with van der Waals surface area (Å²) in [6.07, 6.45) is -2.94. The summed E-state index contributed by atoms with van der Waals surface area (Å²) in [7, 11) is 0. The van der Waals surface area contributed by atoms with E-state index in [9.17, 15) is 13.2 Å². The van der Waals surface area contributed by atoms with Gasteiger partial charge in [0, 0.05) is 18.3 Å². The smallest absolute Gasteiger partial charge is 0.416 e. The van der Waals surface area contributed by atoms with Crippen LogP contribution in [0, 0.1) is 0 Å². The molecule has 0 N–H and O–H groups in total. The Morgan fingerprint density at radius 2 is 1.80 bits per heavy atom. The first kappa shape index (κ1) is 19.6. The van der Waals surface area contributed by atoms with Crippen molar-refractivity contribution in [3.8, 4) is 34.4 Å². The summed E-state index contributed by atoms with van der Waals surface area (Å²) < 4.78 is 46.7. The molecule has 9 heteroatoms. The van der Waals surface area contributed by atoms with Gasteiger partial charge in [-0.1, -0.05) is 35.5 Å². The molecule has 0 spiro atoms. The maximum absolute atomic E-state index is 13.2. The number of hydrogen-bond acceptors (Lipinski definition) is 5. The van der Waals surface area contributed by atoms with Crippen LogP contribution >= 0.6 is 0 Å². The van der Waals surface area contributed by atoms with Gasteiger partial charge in [0.2, 0.25) is 0 Å². The van der Waals surface area contributed by atoms with Gasteiger partial charge in [-0.15, -0.1) is 5.10 Å². The number of halogens is 3. The molecule has 30 heavy (non-hydrogen) atoms. The van der Waals surface area contributed by atoms with E-state index in [0.717, 1.165) is 12.1 Å². The van der Waals surface area contributed by atoms with E-state index in [1.807, 2.05) is 25.1 Å². The minimum absolute atomic E-state index is 0.109. The predicted octanol–water partition coefficient (Wildman–Crippen LogP) is 5.23. The highest BCUT2D eigenvalue weighted by molar-refractivity contribution is 5.76. The molecule has 6 nitrogen and oxygen atoms in total. The molecule has 4 aromatic rings. The highest BCUT2D eigenvalue weighted by atomic mass is 19.4. The fourth-order valence-corrected chi connectivity index (χ4v) is 2.94. The van der Waals surface area contributed by atoms with Crippen molar-refractivity contribution in [2.75, 3.05) is 0 Å². The molecule has 0 radical (unpaired) electrons. The lowest BCUT2D eigenvalue weighted by Gasteiger charge is -2.10. The van der Waals surface area contributed by atoms with Crippen LogP contribution in [-0.4, -0.2) is 25.0 Å². The summed E-state index contributed by atoms with van der Waals surface area (Å²) >= 11 is 0. The predicted molar refractivity (Wildman–Crippen MR) is 104 cm³/mol. The Morgan fingerprint density at radius 1 is 1.00 bits per heavy atom. The van der Waals surface area contributed by atoms with Crippen molar-refractivity contribution < 1.29 is 17.9 Å². The lowest BCUT2D eigenvalue weighted by Crippen LogP contribution is -2.05. The van der Waals surface area contributed by atoms with Crippen LogP contribution in [0.1, 0.15) is 12.5 Å². The van der Waals surface area contributed by atoms with Crippen LogP contribution in [0.4, 0.5) is 13.2 Å². The van der Waals surface area contributed by atoms with E-state index in [-0.39, 0.29) is 6.01 Å². The second-order valence-electron chi connectivity index (χ2n) is 6.32. The first-order valence-electron chi connectivity index (χ1n) is 9.13. The summed E-state index contributed by atoms with van der Waals surface area (Å²) in [6, 6.07) is 15.8. The Hall–Kier alpha value is -3.75. The third kappa shape index (κ3) is 4.00. The number of hydrogen-bond donors (Lipinski definition) is 0. The van der Waals surface area contributed by atoms with Gasteiger partial charge in [0.15, 0.2) is 0 Å². The van der Waals surface area contributed by atoms with E-state index in [0.29, 0.717) is 34.9 Å². The summed E-state index contributed by atoms with van der Waals surface area (Å²) in [4.78, 5) is 8.54. The van der Waals surface area contributed by atoms with Crippen LogP contribution in [-0.2, 0) is 12.7 Å². The van der Waals surface area contributed by atoms with Crippen molar-refractivity contribution in [1.82, 2.24) is 25.0 Å². The Balaban J connectivity index is 1.77. The normalized spacial score (nSPS) is 11.5. The van der Waals surface area contributed by atoms with E-state index >= 15 is 0 Å². The molecule has 0 amide bonds. The fraction of sp³-hybridized carbons (Fsp3) is 0.143. The molecule has 0 fully saturated rings. The SMILES string of the molecule is CCn1nnc(-c2cccc(C(F)(F)F)c2)c1-c1ccnc(Oc2ccccc2)n1. The number of alkyl halides is 3. The van der Waals surface area contributed by atoms with Crippen LogP contribution in [0.15, 0.2) is 66.9 Å². The maximum atomic E-state index is 13.2. The van der Waals surface area contributed by atoms with Crippen LogP contribution in [0.2, 0.25) is 0 Å². The van der Waals surface area contributed by atoms with E-state index in [1.54, 1.807) is 28.9 Å². The quantitative estimate of drug-likeness (QED) is 0.450. The molecule has 0 aliphatic carbocycles. The standard InChI is InChI=1S/C21H16F3N5O/c1-2-29-19(17-11-12-25-20(26-17)30-16-9-4-3-5-10-16)18(27-28-29)14-7-6-8-15(13-14)21(22,23)24/h3-13H,2H2,1H3. The summed E-state index contributed by atoms with van der Waals surface area (Å²) in [5.74, 6) is 0.565. The van der Waals surface area contributed by atoms with Gasteiger partial charge in [-0.25, -0.2) is 9.67 Å². The Kier molecular flexibility index (Phi) is 5.18. The summed E-state index contributed by atoms with van der Waals surface area (Å²) in [5, 5.41) is 8.19. The average Bonchev–Trinajstić information content (AvgIpc) is 3.18. The number of benzene rings is 2. The van der Waals surface area contributed by atoms with Crippen molar-refractivity contribution in [1.29, 1.82) is 0 Å². The van der Waals surface area contributed by atoms with Gasteiger partial charge < -0.3 is 4.74 Å². The minimum atomic E-state index is -4.46. The molecule has 0 bridgehead atoms. The fourth-order valence-electron chi connectivity index (χ4n) is 2.94. The molecule has 0 aliphatic rings. The number of nitrogens with zero attached hydrogens (tertiary/aromatic N) is 5. The van der Waals surface area contributed by atoms with Crippen LogP contribution < -0.4 is 4.74 Å². The van der Waals surface area contributed by atoms with Crippen LogP contribution in [0.5, 0.6) is 11.8 Å².